The average molecular weight is 251 g/mol. The minimum atomic E-state index is -0.0311. The van der Waals surface area contributed by atoms with Crippen molar-refractivity contribution in [1.82, 2.24) is 4.98 Å². The Kier molecular flexibility index (Phi) is 3.50. The van der Waals surface area contributed by atoms with Gasteiger partial charge in [-0.1, -0.05) is 11.6 Å². The molecule has 17 heavy (non-hydrogen) atoms. The molecule has 3 N–H and O–H groups in total. The van der Waals surface area contributed by atoms with Crippen molar-refractivity contribution in [3.8, 4) is 0 Å². The second kappa shape index (κ2) is 4.90. The number of nitrogens with two attached hydrogens (primary N) is 1. The number of nitrogens with one attached hydrogen (secondary N) is 1. The topological polar surface area (TPSA) is 58.9 Å². The van der Waals surface area contributed by atoms with Gasteiger partial charge in [0, 0.05) is 16.0 Å². The van der Waals surface area contributed by atoms with Crippen molar-refractivity contribution >= 4 is 22.5 Å². The predicted octanol–water partition coefficient (Wildman–Crippen LogP) is 2.38. The molecule has 3 nitrogen and oxygen atoms in total. The number of pyridine rings is 1. The third kappa shape index (κ3) is 2.51. The van der Waals surface area contributed by atoms with Crippen molar-refractivity contribution in [1.29, 1.82) is 0 Å². The number of aromatic nitrogens is 1. The highest BCUT2D eigenvalue weighted by Crippen LogP contribution is 2.21. The predicted molar refractivity (Wildman–Crippen MR) is 71.7 cm³/mol. The lowest BCUT2D eigenvalue weighted by molar-refractivity contribution is 0.824. The van der Waals surface area contributed by atoms with Crippen LogP contribution in [0.25, 0.3) is 10.9 Å². The average Bonchev–Trinajstić information content (AvgIpc) is 2.27. The molecular formula is C13H15ClN2O. The van der Waals surface area contributed by atoms with Gasteiger partial charge in [0.1, 0.15) is 0 Å². The first-order valence-corrected chi connectivity index (χ1v) is 6.01. The van der Waals surface area contributed by atoms with Gasteiger partial charge in [0.25, 0.3) is 5.56 Å². The smallest absolute Gasteiger partial charge is 0.251 e. The van der Waals surface area contributed by atoms with Crippen molar-refractivity contribution in [2.24, 2.45) is 5.73 Å². The van der Waals surface area contributed by atoms with E-state index in [9.17, 15) is 4.79 Å². The van der Waals surface area contributed by atoms with Crippen molar-refractivity contribution in [2.75, 3.05) is 6.54 Å². The van der Waals surface area contributed by atoms with Crippen molar-refractivity contribution in [3.05, 3.63) is 44.7 Å². The van der Waals surface area contributed by atoms with E-state index in [1.807, 2.05) is 25.1 Å². The van der Waals surface area contributed by atoms with Crippen LogP contribution in [0.1, 0.15) is 17.5 Å². The summed E-state index contributed by atoms with van der Waals surface area (Å²) in [6, 6.07) is 5.62. The summed E-state index contributed by atoms with van der Waals surface area (Å²) in [5.74, 6) is 0. The van der Waals surface area contributed by atoms with Crippen LogP contribution in [0.3, 0.4) is 0 Å². The number of rotatable bonds is 3. The van der Waals surface area contributed by atoms with Crippen LogP contribution >= 0.6 is 11.6 Å². The van der Waals surface area contributed by atoms with E-state index in [2.05, 4.69) is 4.98 Å². The lowest BCUT2D eigenvalue weighted by Gasteiger charge is -2.06. The molecule has 0 unspecified atom stereocenters. The van der Waals surface area contributed by atoms with Gasteiger partial charge in [-0.3, -0.25) is 4.79 Å². The summed E-state index contributed by atoms with van der Waals surface area (Å²) >= 11 is 6.01. The monoisotopic (exact) mass is 250 g/mol. The molecule has 1 heterocycles. The summed E-state index contributed by atoms with van der Waals surface area (Å²) in [7, 11) is 0. The van der Waals surface area contributed by atoms with Crippen molar-refractivity contribution in [2.45, 2.75) is 19.8 Å². The summed E-state index contributed by atoms with van der Waals surface area (Å²) in [5, 5.41) is 1.66. The van der Waals surface area contributed by atoms with E-state index in [1.165, 1.54) is 0 Å². The lowest BCUT2D eigenvalue weighted by atomic mass is 10.1. The number of halogens is 1. The Labute approximate surface area is 105 Å². The fourth-order valence-corrected chi connectivity index (χ4v) is 2.26. The molecule has 1 aromatic carbocycles. The first-order chi connectivity index (χ1) is 8.11. The number of aromatic amines is 1. The molecule has 0 spiro atoms. The summed E-state index contributed by atoms with van der Waals surface area (Å²) in [5.41, 5.74) is 8.03. The number of aryl methyl sites for hydroxylation is 2. The molecule has 0 saturated carbocycles. The molecule has 0 bridgehead atoms. The summed E-state index contributed by atoms with van der Waals surface area (Å²) in [6.07, 6.45) is 1.52. The minimum absolute atomic E-state index is 0.0311. The van der Waals surface area contributed by atoms with Crippen LogP contribution in [0.4, 0.5) is 0 Å². The molecule has 2 rings (SSSR count). The van der Waals surface area contributed by atoms with Crippen LogP contribution in [-0.4, -0.2) is 11.5 Å². The highest BCUT2D eigenvalue weighted by atomic mass is 35.5. The third-order valence-corrected chi connectivity index (χ3v) is 3.06. The van der Waals surface area contributed by atoms with Gasteiger partial charge in [-0.25, -0.2) is 0 Å². The number of H-pyrrole nitrogens is 1. The maximum atomic E-state index is 11.8. The van der Waals surface area contributed by atoms with E-state index in [1.54, 1.807) is 0 Å². The quantitative estimate of drug-likeness (QED) is 0.879. The van der Waals surface area contributed by atoms with E-state index in [0.717, 1.165) is 28.5 Å². The Bertz CT molecular complexity index is 604. The molecule has 4 heteroatoms. The molecule has 0 saturated heterocycles. The summed E-state index contributed by atoms with van der Waals surface area (Å²) in [4.78, 5) is 14.8. The van der Waals surface area contributed by atoms with E-state index < -0.39 is 0 Å². The van der Waals surface area contributed by atoms with E-state index in [0.29, 0.717) is 18.0 Å². The zero-order chi connectivity index (χ0) is 12.4. The zero-order valence-electron chi connectivity index (χ0n) is 9.72. The van der Waals surface area contributed by atoms with Gasteiger partial charge < -0.3 is 10.7 Å². The standard InChI is InChI=1S/C13H15ClN2O/c1-8-5-11(14)7-10-6-9(3-2-4-15)13(17)16-12(8)10/h5-7H,2-4,15H2,1H3,(H,16,17). The van der Waals surface area contributed by atoms with Gasteiger partial charge >= 0.3 is 0 Å². The van der Waals surface area contributed by atoms with Gasteiger partial charge in [0.05, 0.1) is 5.52 Å². The Balaban J connectivity index is 2.59. The molecule has 1 aromatic heterocycles. The molecular weight excluding hydrogens is 236 g/mol. The number of benzene rings is 1. The molecule has 0 fully saturated rings. The second-order valence-electron chi connectivity index (χ2n) is 4.20. The molecule has 0 amide bonds. The van der Waals surface area contributed by atoms with Crippen LogP contribution in [0, 0.1) is 6.92 Å². The fraction of sp³-hybridized carbons (Fsp3) is 0.308. The van der Waals surface area contributed by atoms with Gasteiger partial charge in [0.15, 0.2) is 0 Å². The summed E-state index contributed by atoms with van der Waals surface area (Å²) < 4.78 is 0. The third-order valence-electron chi connectivity index (χ3n) is 2.84. The number of hydrogen-bond donors (Lipinski definition) is 2. The maximum Gasteiger partial charge on any atom is 0.251 e. The maximum absolute atomic E-state index is 11.8. The van der Waals surface area contributed by atoms with Crippen molar-refractivity contribution in [3.63, 3.8) is 0 Å². The van der Waals surface area contributed by atoms with Crippen LogP contribution in [0.5, 0.6) is 0 Å². The molecule has 2 aromatic rings. The molecule has 0 radical (unpaired) electrons. The Morgan fingerprint density at radius 2 is 2.12 bits per heavy atom. The molecule has 0 aliphatic heterocycles. The molecule has 0 aliphatic rings. The van der Waals surface area contributed by atoms with Gasteiger partial charge in [0.2, 0.25) is 0 Å². The van der Waals surface area contributed by atoms with Crippen LogP contribution in [0.2, 0.25) is 5.02 Å². The van der Waals surface area contributed by atoms with Crippen LogP contribution in [0.15, 0.2) is 23.0 Å². The molecule has 0 atom stereocenters. The number of fused-ring (bicyclic) bond motifs is 1. The van der Waals surface area contributed by atoms with Crippen LogP contribution in [-0.2, 0) is 6.42 Å². The highest BCUT2D eigenvalue weighted by Gasteiger charge is 2.05. The molecule has 90 valence electrons. The van der Waals surface area contributed by atoms with Gasteiger partial charge in [-0.15, -0.1) is 0 Å². The Morgan fingerprint density at radius 3 is 2.82 bits per heavy atom. The Hall–Kier alpha value is -1.32. The fourth-order valence-electron chi connectivity index (χ4n) is 1.98. The van der Waals surface area contributed by atoms with Gasteiger partial charge in [-0.2, -0.15) is 0 Å². The van der Waals surface area contributed by atoms with Gasteiger partial charge in [-0.05, 0) is 50.1 Å². The Morgan fingerprint density at radius 1 is 1.35 bits per heavy atom. The first-order valence-electron chi connectivity index (χ1n) is 5.64. The summed E-state index contributed by atoms with van der Waals surface area (Å²) in [6.45, 7) is 2.52. The molecule has 0 aliphatic carbocycles. The normalized spacial score (nSPS) is 11.0. The second-order valence-corrected chi connectivity index (χ2v) is 4.64. The van der Waals surface area contributed by atoms with Crippen LogP contribution < -0.4 is 11.3 Å². The van der Waals surface area contributed by atoms with E-state index in [-0.39, 0.29) is 5.56 Å². The minimum Gasteiger partial charge on any atom is -0.330 e. The largest absolute Gasteiger partial charge is 0.330 e. The zero-order valence-corrected chi connectivity index (χ0v) is 10.5. The van der Waals surface area contributed by atoms with E-state index >= 15 is 0 Å². The highest BCUT2D eigenvalue weighted by molar-refractivity contribution is 6.31. The lowest BCUT2D eigenvalue weighted by Crippen LogP contribution is -2.14. The first kappa shape index (κ1) is 12.1. The van der Waals surface area contributed by atoms with Crippen molar-refractivity contribution < 1.29 is 0 Å². The number of hydrogen-bond acceptors (Lipinski definition) is 2. The van der Waals surface area contributed by atoms with E-state index in [4.69, 9.17) is 17.3 Å². The SMILES string of the molecule is Cc1cc(Cl)cc2cc(CCCN)c(=O)[nH]c12.